The van der Waals surface area contributed by atoms with Crippen LogP contribution in [0.25, 0.3) is 0 Å². The lowest BCUT2D eigenvalue weighted by Gasteiger charge is -2.33. The van der Waals surface area contributed by atoms with E-state index in [9.17, 15) is 9.59 Å². The molecule has 0 spiro atoms. The van der Waals surface area contributed by atoms with Gasteiger partial charge in [-0.25, -0.2) is 0 Å². The van der Waals surface area contributed by atoms with Crippen molar-refractivity contribution < 1.29 is 19.1 Å². The molecule has 2 aromatic carbocycles. The van der Waals surface area contributed by atoms with Crippen molar-refractivity contribution in [2.45, 2.75) is 25.8 Å². The van der Waals surface area contributed by atoms with E-state index in [1.165, 1.54) is 6.92 Å². The van der Waals surface area contributed by atoms with Crippen molar-refractivity contribution in [1.29, 1.82) is 0 Å². The number of likely N-dealkylation sites (tertiary alicyclic amines) is 1. The molecule has 2 aromatic rings. The maximum absolute atomic E-state index is 12.5. The van der Waals surface area contributed by atoms with Gasteiger partial charge in [0.1, 0.15) is 11.5 Å². The number of piperidine rings is 1. The lowest BCUT2D eigenvalue weighted by molar-refractivity contribution is -0.134. The molecule has 1 amide bonds. The average Bonchev–Trinajstić information content (AvgIpc) is 2.73. The topological polar surface area (TPSA) is 67.9 Å². The summed E-state index contributed by atoms with van der Waals surface area (Å²) in [5.41, 5.74) is 1.64. The third-order valence-corrected chi connectivity index (χ3v) is 4.86. The average molecular weight is 382 g/mol. The molecule has 0 bridgehead atoms. The first-order chi connectivity index (χ1) is 13.5. The standard InChI is InChI=1S/C22H26N2O4/c1-16(25)17-5-9-21(10-6-17)28-15-22(26)24-13-3-4-19(14-24)23-18-7-11-20(27-2)12-8-18/h5-12,19,23H,3-4,13-15H2,1-2H3/t19-/m1/s1. The van der Waals surface area contributed by atoms with Crippen LogP contribution in [0.5, 0.6) is 11.5 Å². The van der Waals surface area contributed by atoms with Gasteiger partial charge in [0.15, 0.2) is 12.4 Å². The van der Waals surface area contributed by atoms with Crippen LogP contribution < -0.4 is 14.8 Å². The molecular weight excluding hydrogens is 356 g/mol. The number of hydrogen-bond donors (Lipinski definition) is 1. The fourth-order valence-corrected chi connectivity index (χ4v) is 3.27. The Morgan fingerprint density at radius 1 is 1.07 bits per heavy atom. The van der Waals surface area contributed by atoms with Gasteiger partial charge < -0.3 is 19.7 Å². The fourth-order valence-electron chi connectivity index (χ4n) is 3.27. The second kappa shape index (κ2) is 9.26. The summed E-state index contributed by atoms with van der Waals surface area (Å²) in [5.74, 6) is 1.38. The van der Waals surface area contributed by atoms with Gasteiger partial charge in [-0.3, -0.25) is 9.59 Å². The van der Waals surface area contributed by atoms with Gasteiger partial charge in [0.25, 0.3) is 5.91 Å². The second-order valence-electron chi connectivity index (χ2n) is 6.92. The zero-order valence-corrected chi connectivity index (χ0v) is 16.3. The zero-order chi connectivity index (χ0) is 19.9. The second-order valence-corrected chi connectivity index (χ2v) is 6.92. The maximum Gasteiger partial charge on any atom is 0.260 e. The number of nitrogens with zero attached hydrogens (tertiary/aromatic N) is 1. The van der Waals surface area contributed by atoms with Crippen molar-refractivity contribution in [2.75, 3.05) is 32.1 Å². The summed E-state index contributed by atoms with van der Waals surface area (Å²) in [6, 6.07) is 14.8. The van der Waals surface area contributed by atoms with Crippen LogP contribution in [-0.2, 0) is 4.79 Å². The zero-order valence-electron chi connectivity index (χ0n) is 16.3. The van der Waals surface area contributed by atoms with E-state index in [1.54, 1.807) is 31.4 Å². The van der Waals surface area contributed by atoms with Gasteiger partial charge in [0, 0.05) is 30.4 Å². The molecule has 1 atom stereocenters. The van der Waals surface area contributed by atoms with E-state index in [1.807, 2.05) is 29.2 Å². The van der Waals surface area contributed by atoms with Crippen molar-refractivity contribution >= 4 is 17.4 Å². The number of nitrogens with one attached hydrogen (secondary N) is 1. The molecule has 0 aromatic heterocycles. The van der Waals surface area contributed by atoms with Crippen LogP contribution in [0.1, 0.15) is 30.1 Å². The molecule has 1 fully saturated rings. The lowest BCUT2D eigenvalue weighted by Crippen LogP contribution is -2.46. The minimum atomic E-state index is -0.0307. The smallest absolute Gasteiger partial charge is 0.260 e. The lowest BCUT2D eigenvalue weighted by atomic mass is 10.1. The molecule has 1 N–H and O–H groups in total. The Hall–Kier alpha value is -3.02. The molecule has 0 radical (unpaired) electrons. The van der Waals surface area contributed by atoms with Crippen LogP contribution in [0.2, 0.25) is 0 Å². The molecule has 3 rings (SSSR count). The van der Waals surface area contributed by atoms with Gasteiger partial charge in [0.2, 0.25) is 0 Å². The Kier molecular flexibility index (Phi) is 6.53. The molecule has 1 heterocycles. The number of hydrogen-bond acceptors (Lipinski definition) is 5. The first-order valence-electron chi connectivity index (χ1n) is 9.47. The number of amides is 1. The van der Waals surface area contributed by atoms with Crippen LogP contribution in [-0.4, -0.2) is 49.4 Å². The quantitative estimate of drug-likeness (QED) is 0.744. The van der Waals surface area contributed by atoms with Gasteiger partial charge in [-0.15, -0.1) is 0 Å². The molecule has 148 valence electrons. The minimum Gasteiger partial charge on any atom is -0.497 e. The molecule has 0 saturated carbocycles. The molecule has 1 saturated heterocycles. The molecule has 6 nitrogen and oxygen atoms in total. The molecule has 0 unspecified atom stereocenters. The number of carbonyl (C=O) groups is 2. The summed E-state index contributed by atoms with van der Waals surface area (Å²) >= 11 is 0. The van der Waals surface area contributed by atoms with E-state index >= 15 is 0 Å². The van der Waals surface area contributed by atoms with Gasteiger partial charge in [0.05, 0.1) is 7.11 Å². The number of rotatable bonds is 7. The fraction of sp³-hybridized carbons (Fsp3) is 0.364. The van der Waals surface area contributed by atoms with E-state index < -0.39 is 0 Å². The highest BCUT2D eigenvalue weighted by Crippen LogP contribution is 2.20. The third-order valence-electron chi connectivity index (χ3n) is 4.86. The Bertz CT molecular complexity index is 802. The monoisotopic (exact) mass is 382 g/mol. The number of carbonyl (C=O) groups excluding carboxylic acids is 2. The number of benzene rings is 2. The summed E-state index contributed by atoms with van der Waals surface area (Å²) in [7, 11) is 1.65. The highest BCUT2D eigenvalue weighted by Gasteiger charge is 2.23. The Balaban J connectivity index is 1.50. The van der Waals surface area contributed by atoms with Crippen LogP contribution in [0, 0.1) is 0 Å². The van der Waals surface area contributed by atoms with E-state index in [-0.39, 0.29) is 24.3 Å². The summed E-state index contributed by atoms with van der Waals surface area (Å²) in [6.07, 6.45) is 1.97. The van der Waals surface area contributed by atoms with Crippen molar-refractivity contribution in [1.82, 2.24) is 4.90 Å². The van der Waals surface area contributed by atoms with E-state index in [0.29, 0.717) is 17.9 Å². The van der Waals surface area contributed by atoms with Crippen molar-refractivity contribution in [2.24, 2.45) is 0 Å². The van der Waals surface area contributed by atoms with E-state index in [2.05, 4.69) is 5.32 Å². The SMILES string of the molecule is COc1ccc(N[C@@H]2CCCN(C(=O)COc3ccc(C(C)=O)cc3)C2)cc1. The molecule has 0 aliphatic carbocycles. The van der Waals surface area contributed by atoms with Crippen molar-refractivity contribution in [3.05, 3.63) is 54.1 Å². The summed E-state index contributed by atoms with van der Waals surface area (Å²) in [6.45, 7) is 2.91. The Morgan fingerprint density at radius 2 is 1.75 bits per heavy atom. The number of ether oxygens (including phenoxy) is 2. The normalized spacial score (nSPS) is 16.4. The highest BCUT2D eigenvalue weighted by molar-refractivity contribution is 5.94. The molecule has 1 aliphatic heterocycles. The van der Waals surface area contributed by atoms with Crippen LogP contribution in [0.3, 0.4) is 0 Å². The molecular formula is C22H26N2O4. The Morgan fingerprint density at radius 3 is 2.39 bits per heavy atom. The third kappa shape index (κ3) is 5.25. The van der Waals surface area contributed by atoms with Gasteiger partial charge in [-0.05, 0) is 68.3 Å². The van der Waals surface area contributed by atoms with Crippen LogP contribution in [0.4, 0.5) is 5.69 Å². The van der Waals surface area contributed by atoms with E-state index in [0.717, 1.165) is 30.8 Å². The van der Waals surface area contributed by atoms with Crippen molar-refractivity contribution in [3.8, 4) is 11.5 Å². The minimum absolute atomic E-state index is 0.00528. The predicted molar refractivity (Wildman–Crippen MR) is 108 cm³/mol. The van der Waals surface area contributed by atoms with E-state index in [4.69, 9.17) is 9.47 Å². The molecule has 1 aliphatic rings. The van der Waals surface area contributed by atoms with Gasteiger partial charge >= 0.3 is 0 Å². The van der Waals surface area contributed by atoms with Crippen molar-refractivity contribution in [3.63, 3.8) is 0 Å². The summed E-state index contributed by atoms with van der Waals surface area (Å²) in [5, 5.41) is 3.49. The summed E-state index contributed by atoms with van der Waals surface area (Å²) < 4.78 is 10.8. The highest BCUT2D eigenvalue weighted by atomic mass is 16.5. The molecule has 28 heavy (non-hydrogen) atoms. The Labute approximate surface area is 165 Å². The number of methoxy groups -OCH3 is 1. The predicted octanol–water partition coefficient (Wildman–Crippen LogP) is 3.38. The maximum atomic E-state index is 12.5. The number of anilines is 1. The summed E-state index contributed by atoms with van der Waals surface area (Å²) in [4.78, 5) is 25.7. The largest absolute Gasteiger partial charge is 0.497 e. The number of ketones is 1. The first-order valence-corrected chi connectivity index (χ1v) is 9.47. The molecule has 6 heteroatoms. The number of Topliss-reactive ketones (excluding diaryl/α,β-unsaturated/α-hetero) is 1. The van der Waals surface area contributed by atoms with Gasteiger partial charge in [-0.1, -0.05) is 0 Å². The van der Waals surface area contributed by atoms with Gasteiger partial charge in [-0.2, -0.15) is 0 Å². The van der Waals surface area contributed by atoms with Crippen LogP contribution >= 0.6 is 0 Å². The van der Waals surface area contributed by atoms with Crippen LogP contribution in [0.15, 0.2) is 48.5 Å². The first kappa shape index (κ1) is 19.7.